The zero-order chi connectivity index (χ0) is 17.2. The Balaban J connectivity index is 2.16. The molecule has 0 aliphatic carbocycles. The van der Waals surface area contributed by atoms with E-state index in [9.17, 15) is 9.59 Å². The van der Waals surface area contributed by atoms with Crippen molar-refractivity contribution in [3.05, 3.63) is 46.7 Å². The number of rotatable bonds is 5. The number of carbonyl (C=O) groups is 2. The van der Waals surface area contributed by atoms with Crippen LogP contribution in [0.25, 0.3) is 5.69 Å². The van der Waals surface area contributed by atoms with Gasteiger partial charge < -0.3 is 10.4 Å². The standard InChI is InChI=1S/C16H18ClN3O3/c1-10-13(14(21)18-9-16(2,3)15(22)23)8-20(19-10)12-6-4-11(17)5-7-12/h4-8H,9H2,1-3H3,(H,18,21)(H,22,23). The van der Waals surface area contributed by atoms with Crippen molar-refractivity contribution in [3.8, 4) is 5.69 Å². The Bertz CT molecular complexity index is 736. The van der Waals surface area contributed by atoms with Crippen LogP contribution in [0.1, 0.15) is 29.9 Å². The number of aliphatic carboxylic acids is 1. The van der Waals surface area contributed by atoms with E-state index in [1.54, 1.807) is 55.9 Å². The van der Waals surface area contributed by atoms with Gasteiger partial charge in [0, 0.05) is 17.8 Å². The second-order valence-electron chi connectivity index (χ2n) is 5.92. The molecule has 0 bridgehead atoms. The van der Waals surface area contributed by atoms with Gasteiger partial charge in [0.1, 0.15) is 0 Å². The zero-order valence-corrected chi connectivity index (χ0v) is 13.9. The molecule has 0 saturated heterocycles. The summed E-state index contributed by atoms with van der Waals surface area (Å²) in [6.45, 7) is 4.87. The van der Waals surface area contributed by atoms with Crippen LogP contribution >= 0.6 is 11.6 Å². The minimum atomic E-state index is -1.03. The molecule has 6 nitrogen and oxygen atoms in total. The maximum absolute atomic E-state index is 12.3. The van der Waals surface area contributed by atoms with Gasteiger partial charge >= 0.3 is 5.97 Å². The van der Waals surface area contributed by atoms with Gasteiger partial charge in [-0.1, -0.05) is 11.6 Å². The first-order valence-electron chi connectivity index (χ1n) is 7.04. The van der Waals surface area contributed by atoms with Gasteiger partial charge in [-0.3, -0.25) is 9.59 Å². The molecule has 0 atom stereocenters. The van der Waals surface area contributed by atoms with Gasteiger partial charge in [0.15, 0.2) is 0 Å². The minimum absolute atomic E-state index is 0.0345. The van der Waals surface area contributed by atoms with Crippen molar-refractivity contribution in [1.29, 1.82) is 0 Å². The van der Waals surface area contributed by atoms with E-state index >= 15 is 0 Å². The number of benzene rings is 1. The third-order valence-corrected chi connectivity index (χ3v) is 3.76. The maximum atomic E-state index is 12.3. The highest BCUT2D eigenvalue weighted by atomic mass is 35.5. The summed E-state index contributed by atoms with van der Waals surface area (Å²) in [4.78, 5) is 23.3. The molecule has 1 aromatic carbocycles. The summed E-state index contributed by atoms with van der Waals surface area (Å²) >= 11 is 5.85. The Kier molecular flexibility index (Phi) is 4.75. The van der Waals surface area contributed by atoms with Gasteiger partial charge in [0.2, 0.25) is 0 Å². The molecule has 2 N–H and O–H groups in total. The number of hydrogen-bond donors (Lipinski definition) is 2. The van der Waals surface area contributed by atoms with Crippen molar-refractivity contribution in [2.45, 2.75) is 20.8 Å². The number of carboxylic acid groups (broad SMARTS) is 1. The fourth-order valence-electron chi connectivity index (χ4n) is 1.88. The Labute approximate surface area is 139 Å². The topological polar surface area (TPSA) is 84.2 Å². The number of halogens is 1. The van der Waals surface area contributed by atoms with Gasteiger partial charge in [-0.25, -0.2) is 4.68 Å². The SMILES string of the molecule is Cc1nn(-c2ccc(Cl)cc2)cc1C(=O)NCC(C)(C)C(=O)O. The molecule has 23 heavy (non-hydrogen) atoms. The van der Waals surface area contributed by atoms with Gasteiger partial charge in [0.05, 0.1) is 22.4 Å². The quantitative estimate of drug-likeness (QED) is 0.879. The number of amides is 1. The van der Waals surface area contributed by atoms with Crippen LogP contribution in [0.2, 0.25) is 5.02 Å². The Morgan fingerprint density at radius 3 is 2.48 bits per heavy atom. The second-order valence-corrected chi connectivity index (χ2v) is 6.36. The van der Waals surface area contributed by atoms with Crippen molar-refractivity contribution in [2.75, 3.05) is 6.54 Å². The second kappa shape index (κ2) is 6.42. The predicted octanol–water partition coefficient (Wildman–Crippen LogP) is 2.67. The largest absolute Gasteiger partial charge is 0.481 e. The van der Waals surface area contributed by atoms with E-state index < -0.39 is 11.4 Å². The first-order chi connectivity index (χ1) is 10.7. The summed E-state index contributed by atoms with van der Waals surface area (Å²) in [5.41, 5.74) is 0.713. The highest BCUT2D eigenvalue weighted by Crippen LogP contribution is 2.17. The lowest BCUT2D eigenvalue weighted by atomic mass is 9.94. The van der Waals surface area contributed by atoms with Gasteiger partial charge in [-0.05, 0) is 45.0 Å². The van der Waals surface area contributed by atoms with Crippen molar-refractivity contribution >= 4 is 23.5 Å². The normalized spacial score (nSPS) is 11.3. The maximum Gasteiger partial charge on any atom is 0.310 e. The molecule has 0 saturated carbocycles. The molecule has 0 aliphatic heterocycles. The van der Waals surface area contributed by atoms with Crippen LogP contribution in [0.3, 0.4) is 0 Å². The molecule has 0 aliphatic rings. The lowest BCUT2D eigenvalue weighted by Gasteiger charge is -2.19. The van der Waals surface area contributed by atoms with E-state index in [0.29, 0.717) is 16.3 Å². The molecule has 0 spiro atoms. The number of nitrogens with one attached hydrogen (secondary N) is 1. The first kappa shape index (κ1) is 17.0. The Morgan fingerprint density at radius 1 is 1.30 bits per heavy atom. The number of aryl methyl sites for hydroxylation is 1. The number of nitrogens with zero attached hydrogens (tertiary/aromatic N) is 2. The summed E-state index contributed by atoms with van der Waals surface area (Å²) in [5.74, 6) is -1.32. The minimum Gasteiger partial charge on any atom is -0.481 e. The molecular weight excluding hydrogens is 318 g/mol. The molecule has 0 radical (unpaired) electrons. The molecule has 1 heterocycles. The first-order valence-corrected chi connectivity index (χ1v) is 7.42. The molecule has 2 aromatic rings. The van der Waals surface area contributed by atoms with E-state index in [1.165, 1.54) is 0 Å². The van der Waals surface area contributed by atoms with Crippen LogP contribution in [-0.2, 0) is 4.79 Å². The van der Waals surface area contributed by atoms with Crippen molar-refractivity contribution in [2.24, 2.45) is 5.41 Å². The number of hydrogen-bond acceptors (Lipinski definition) is 3. The van der Waals surface area contributed by atoms with Crippen LogP contribution in [0, 0.1) is 12.3 Å². The van der Waals surface area contributed by atoms with E-state index in [0.717, 1.165) is 5.69 Å². The Morgan fingerprint density at radius 2 is 1.91 bits per heavy atom. The highest BCUT2D eigenvalue weighted by molar-refractivity contribution is 6.30. The monoisotopic (exact) mass is 335 g/mol. The fourth-order valence-corrected chi connectivity index (χ4v) is 2.01. The summed E-state index contributed by atoms with van der Waals surface area (Å²) in [5, 5.41) is 16.6. The molecule has 1 aromatic heterocycles. The molecule has 1 amide bonds. The van der Waals surface area contributed by atoms with Gasteiger partial charge in [0.25, 0.3) is 5.91 Å². The van der Waals surface area contributed by atoms with Crippen molar-refractivity contribution < 1.29 is 14.7 Å². The third kappa shape index (κ3) is 3.90. The van der Waals surface area contributed by atoms with Crippen molar-refractivity contribution in [1.82, 2.24) is 15.1 Å². The molecule has 0 fully saturated rings. The summed E-state index contributed by atoms with van der Waals surface area (Å²) in [7, 11) is 0. The lowest BCUT2D eigenvalue weighted by Crippen LogP contribution is -2.39. The van der Waals surface area contributed by atoms with Gasteiger partial charge in [-0.2, -0.15) is 5.10 Å². The summed E-state index contributed by atoms with van der Waals surface area (Å²) in [6.07, 6.45) is 1.61. The van der Waals surface area contributed by atoms with Crippen LogP contribution in [-0.4, -0.2) is 33.3 Å². The summed E-state index contributed by atoms with van der Waals surface area (Å²) < 4.78 is 1.59. The molecule has 0 unspecified atom stereocenters. The predicted molar refractivity (Wildman–Crippen MR) is 87.1 cm³/mol. The number of carbonyl (C=O) groups excluding carboxylic acids is 1. The molecule has 7 heteroatoms. The number of carboxylic acids is 1. The van der Waals surface area contributed by atoms with Crippen LogP contribution in [0.15, 0.2) is 30.5 Å². The van der Waals surface area contributed by atoms with Crippen LogP contribution in [0.5, 0.6) is 0 Å². The van der Waals surface area contributed by atoms with Gasteiger partial charge in [-0.15, -0.1) is 0 Å². The average Bonchev–Trinajstić information content (AvgIpc) is 2.87. The highest BCUT2D eigenvalue weighted by Gasteiger charge is 2.28. The van der Waals surface area contributed by atoms with E-state index in [4.69, 9.17) is 16.7 Å². The molecule has 122 valence electrons. The number of aromatic nitrogens is 2. The smallest absolute Gasteiger partial charge is 0.310 e. The van der Waals surface area contributed by atoms with Crippen molar-refractivity contribution in [3.63, 3.8) is 0 Å². The zero-order valence-electron chi connectivity index (χ0n) is 13.1. The lowest BCUT2D eigenvalue weighted by molar-refractivity contribution is -0.146. The van der Waals surface area contributed by atoms with E-state index in [1.807, 2.05) is 0 Å². The molecule has 2 rings (SSSR count). The van der Waals surface area contributed by atoms with Crippen LogP contribution in [0.4, 0.5) is 0 Å². The third-order valence-electron chi connectivity index (χ3n) is 3.50. The fraction of sp³-hybridized carbons (Fsp3) is 0.312. The van der Waals surface area contributed by atoms with E-state index in [-0.39, 0.29) is 12.5 Å². The van der Waals surface area contributed by atoms with Crippen LogP contribution < -0.4 is 5.32 Å². The van der Waals surface area contributed by atoms with E-state index in [2.05, 4.69) is 10.4 Å². The Hall–Kier alpha value is -2.34. The summed E-state index contributed by atoms with van der Waals surface area (Å²) in [6, 6.07) is 7.07. The molecular formula is C16H18ClN3O3. The average molecular weight is 336 g/mol.